The van der Waals surface area contributed by atoms with Gasteiger partial charge < -0.3 is 31.9 Å². The van der Waals surface area contributed by atoms with Crippen LogP contribution >= 0.6 is 0 Å². The first-order chi connectivity index (χ1) is 17.4. The first kappa shape index (κ1) is 24.5. The number of aliphatic hydroxyl groups is 3. The number of aliphatic hydroxyl groups excluding tert-OH is 2. The highest BCUT2D eigenvalue weighted by molar-refractivity contribution is 6.24. The number of hydrogen-bond donors (Lipinski definition) is 6. The van der Waals surface area contributed by atoms with E-state index < -0.39 is 58.0 Å². The first-order valence-electron chi connectivity index (χ1n) is 11.7. The number of amides is 1. The van der Waals surface area contributed by atoms with Crippen LogP contribution in [0.4, 0.5) is 5.69 Å². The minimum atomic E-state index is -2.66. The van der Waals surface area contributed by atoms with Crippen molar-refractivity contribution in [3.63, 3.8) is 0 Å². The number of primary amides is 1. The Morgan fingerprint density at radius 1 is 1.11 bits per heavy atom. The second-order valence-electron chi connectivity index (χ2n) is 10.1. The summed E-state index contributed by atoms with van der Waals surface area (Å²) in [5.41, 5.74) is 10.1. The van der Waals surface area contributed by atoms with Crippen LogP contribution in [0, 0.1) is 11.8 Å². The van der Waals surface area contributed by atoms with E-state index in [0.29, 0.717) is 16.8 Å². The fraction of sp³-hybridized carbons (Fsp3) is 0.296. The van der Waals surface area contributed by atoms with Crippen molar-refractivity contribution < 1.29 is 34.8 Å². The van der Waals surface area contributed by atoms with E-state index in [1.165, 1.54) is 11.0 Å². The fourth-order valence-electron chi connectivity index (χ4n) is 6.23. The van der Waals surface area contributed by atoms with Crippen LogP contribution < -0.4 is 11.5 Å². The Hall–Kier alpha value is -4.15. The molecule has 0 saturated heterocycles. The third kappa shape index (κ3) is 3.29. The number of nitrogen functional groups attached to an aromatic ring is 1. The van der Waals surface area contributed by atoms with E-state index in [4.69, 9.17) is 11.5 Å². The van der Waals surface area contributed by atoms with Crippen LogP contribution in [0.2, 0.25) is 0 Å². The van der Waals surface area contributed by atoms with Crippen LogP contribution in [0.25, 0.3) is 11.1 Å². The molecule has 10 heteroatoms. The van der Waals surface area contributed by atoms with Gasteiger partial charge >= 0.3 is 0 Å². The van der Waals surface area contributed by atoms with Crippen molar-refractivity contribution in [2.75, 3.05) is 19.8 Å². The average molecular weight is 506 g/mol. The Kier molecular flexibility index (Phi) is 5.43. The zero-order valence-corrected chi connectivity index (χ0v) is 20.2. The van der Waals surface area contributed by atoms with Gasteiger partial charge in [0.05, 0.1) is 11.6 Å². The van der Waals surface area contributed by atoms with Crippen LogP contribution in [-0.4, -0.2) is 68.5 Å². The van der Waals surface area contributed by atoms with Gasteiger partial charge in [-0.15, -0.1) is 0 Å². The molecule has 8 N–H and O–H groups in total. The van der Waals surface area contributed by atoms with E-state index in [-0.39, 0.29) is 29.7 Å². The molecule has 37 heavy (non-hydrogen) atoms. The molecule has 2 aromatic rings. The van der Waals surface area contributed by atoms with Gasteiger partial charge in [0.1, 0.15) is 22.8 Å². The van der Waals surface area contributed by atoms with Crippen LogP contribution in [-0.2, 0) is 16.0 Å². The van der Waals surface area contributed by atoms with Gasteiger partial charge in [-0.2, -0.15) is 0 Å². The van der Waals surface area contributed by atoms with Crippen LogP contribution in [0.3, 0.4) is 0 Å². The number of aromatic hydroxyl groups is 1. The summed E-state index contributed by atoms with van der Waals surface area (Å²) in [7, 11) is 3.17. The highest BCUT2D eigenvalue weighted by atomic mass is 16.3. The number of phenolic OH excluding ortho intramolecular Hbond substituents is 1. The minimum Gasteiger partial charge on any atom is -0.510 e. The van der Waals surface area contributed by atoms with Crippen molar-refractivity contribution in [2.45, 2.75) is 24.5 Å². The van der Waals surface area contributed by atoms with Crippen molar-refractivity contribution in [1.82, 2.24) is 4.90 Å². The third-order valence-corrected chi connectivity index (χ3v) is 7.80. The Morgan fingerprint density at radius 3 is 2.43 bits per heavy atom. The van der Waals surface area contributed by atoms with Gasteiger partial charge in [-0.1, -0.05) is 18.2 Å². The number of phenols is 1. The van der Waals surface area contributed by atoms with Crippen LogP contribution in [0.15, 0.2) is 59.1 Å². The number of anilines is 1. The summed E-state index contributed by atoms with van der Waals surface area (Å²) in [6.07, 6.45) is 0.227. The smallest absolute Gasteiger partial charge is 0.255 e. The molecule has 3 aliphatic rings. The molecule has 0 spiro atoms. The summed E-state index contributed by atoms with van der Waals surface area (Å²) in [4.78, 5) is 40.7. The SMILES string of the molecule is CN(C)[C@H]1C(O)=C(C(N)=O)C(=O)[C@]2(O)C(O)=C3C(=O)c4c(O)ccc(-c5cccc(N)c5)c4C[C@@H]3C[C@H]12. The molecule has 4 atom stereocenters. The molecule has 0 aliphatic heterocycles. The standard InChI is InChI=1S/C27H27N3O7/c1-30(2)21-16-10-12-9-15-14(11-4-3-5-13(28)8-11)6-7-17(31)19(15)22(32)18(12)24(34)27(16,37)25(35)20(23(21)33)26(29)36/h3-8,12,16,21,31,33-34,37H,9-10,28H2,1-2H3,(H2,29,36)/t12-,16-,21-,27-/m1/s1. The van der Waals surface area contributed by atoms with E-state index in [0.717, 1.165) is 5.56 Å². The molecule has 192 valence electrons. The maximum absolute atomic E-state index is 13.8. The number of likely N-dealkylation sites (N-methyl/N-ethyl adjacent to an activating group) is 1. The van der Waals surface area contributed by atoms with Crippen LogP contribution in [0.1, 0.15) is 22.3 Å². The summed E-state index contributed by atoms with van der Waals surface area (Å²) >= 11 is 0. The summed E-state index contributed by atoms with van der Waals surface area (Å²) in [5, 5.41) is 44.5. The normalized spacial score (nSPS) is 27.2. The quantitative estimate of drug-likeness (QED) is 0.264. The minimum absolute atomic E-state index is 0.0256. The summed E-state index contributed by atoms with van der Waals surface area (Å²) in [6.45, 7) is 0. The van der Waals surface area contributed by atoms with Gasteiger partial charge in [0.2, 0.25) is 5.78 Å². The number of allylic oxidation sites excluding steroid dienone is 1. The second kappa shape index (κ2) is 8.19. The summed E-state index contributed by atoms with van der Waals surface area (Å²) in [5.74, 6) is -6.77. The molecule has 0 bridgehead atoms. The molecule has 0 fully saturated rings. The van der Waals surface area contributed by atoms with Crippen molar-refractivity contribution in [2.24, 2.45) is 17.6 Å². The van der Waals surface area contributed by atoms with Gasteiger partial charge in [-0.05, 0) is 67.7 Å². The third-order valence-electron chi connectivity index (χ3n) is 7.80. The topological polar surface area (TPSA) is 187 Å². The van der Waals surface area contributed by atoms with E-state index >= 15 is 0 Å². The number of rotatable bonds is 3. The molecule has 0 saturated carbocycles. The summed E-state index contributed by atoms with van der Waals surface area (Å²) in [6, 6.07) is 9.08. The van der Waals surface area contributed by atoms with Crippen molar-refractivity contribution >= 4 is 23.2 Å². The lowest BCUT2D eigenvalue weighted by Crippen LogP contribution is -2.63. The number of hydrogen-bond acceptors (Lipinski definition) is 9. The van der Waals surface area contributed by atoms with Crippen molar-refractivity contribution in [3.05, 3.63) is 70.2 Å². The van der Waals surface area contributed by atoms with Crippen molar-refractivity contribution in [3.8, 4) is 16.9 Å². The molecule has 5 rings (SSSR count). The predicted molar refractivity (Wildman–Crippen MR) is 134 cm³/mol. The average Bonchev–Trinajstić information content (AvgIpc) is 2.81. The number of benzene rings is 2. The Labute approximate surface area is 212 Å². The zero-order chi connectivity index (χ0) is 27.0. The largest absolute Gasteiger partial charge is 0.510 e. The molecule has 0 aromatic heterocycles. The van der Waals surface area contributed by atoms with Gasteiger partial charge in [-0.25, -0.2) is 0 Å². The second-order valence-corrected chi connectivity index (χ2v) is 10.1. The van der Waals surface area contributed by atoms with Crippen molar-refractivity contribution in [1.29, 1.82) is 0 Å². The number of carbonyl (C=O) groups excluding carboxylic acids is 3. The van der Waals surface area contributed by atoms with Gasteiger partial charge in [0.25, 0.3) is 5.91 Å². The first-order valence-corrected chi connectivity index (χ1v) is 11.7. The van der Waals surface area contributed by atoms with Gasteiger partial charge in [-0.3, -0.25) is 19.3 Å². The van der Waals surface area contributed by atoms with E-state index in [1.807, 2.05) is 6.07 Å². The molecular formula is C27H27N3O7. The highest BCUT2D eigenvalue weighted by Gasteiger charge is 2.63. The number of nitrogens with two attached hydrogens (primary N) is 2. The van der Waals surface area contributed by atoms with Gasteiger partial charge in [0, 0.05) is 17.2 Å². The molecular weight excluding hydrogens is 478 g/mol. The number of Topliss-reactive ketones (excluding diaryl/α,β-unsaturated/α-hetero) is 2. The lowest BCUT2D eigenvalue weighted by Gasteiger charge is -2.50. The summed E-state index contributed by atoms with van der Waals surface area (Å²) < 4.78 is 0. The fourth-order valence-corrected chi connectivity index (χ4v) is 6.23. The molecule has 10 nitrogen and oxygen atoms in total. The Morgan fingerprint density at radius 2 is 1.81 bits per heavy atom. The molecule has 2 aromatic carbocycles. The molecule has 0 heterocycles. The monoisotopic (exact) mass is 505 g/mol. The molecule has 0 radical (unpaired) electrons. The Balaban J connectivity index is 1.73. The highest BCUT2D eigenvalue weighted by Crippen LogP contribution is 2.53. The lowest BCUT2D eigenvalue weighted by molar-refractivity contribution is -0.148. The van der Waals surface area contributed by atoms with E-state index in [1.54, 1.807) is 38.4 Å². The number of fused-ring (bicyclic) bond motifs is 3. The van der Waals surface area contributed by atoms with E-state index in [9.17, 15) is 34.8 Å². The number of nitrogens with zero attached hydrogens (tertiary/aromatic N) is 1. The number of carbonyl (C=O) groups is 3. The zero-order valence-electron chi connectivity index (χ0n) is 20.2. The number of ketones is 2. The van der Waals surface area contributed by atoms with Gasteiger partial charge in [0.15, 0.2) is 11.4 Å². The molecule has 1 amide bonds. The van der Waals surface area contributed by atoms with E-state index in [2.05, 4.69) is 0 Å². The predicted octanol–water partition coefficient (Wildman–Crippen LogP) is 1.37. The van der Waals surface area contributed by atoms with Crippen LogP contribution in [0.5, 0.6) is 5.75 Å². The Bertz CT molecular complexity index is 1460. The maximum Gasteiger partial charge on any atom is 0.255 e. The maximum atomic E-state index is 13.8. The molecule has 3 aliphatic carbocycles. The lowest BCUT2D eigenvalue weighted by atomic mass is 9.58. The molecule has 0 unspecified atom stereocenters.